The van der Waals surface area contributed by atoms with Crippen molar-refractivity contribution in [1.82, 2.24) is 4.90 Å². The SMILES string of the molecule is Cc1cccc(C)c1NC(=O)CN(C)C(=O)C1(c2ccc3c(c2)OCCO3)CCCC1. The first-order chi connectivity index (χ1) is 14.9. The Morgan fingerprint density at radius 1 is 1.00 bits per heavy atom. The maximum atomic E-state index is 13.6. The van der Waals surface area contributed by atoms with Crippen molar-refractivity contribution in [3.8, 4) is 11.5 Å². The Morgan fingerprint density at radius 2 is 1.65 bits per heavy atom. The van der Waals surface area contributed by atoms with Crippen molar-refractivity contribution in [3.63, 3.8) is 0 Å². The number of likely N-dealkylation sites (N-methyl/N-ethyl adjacent to an activating group) is 1. The van der Waals surface area contributed by atoms with Gasteiger partial charge in [-0.2, -0.15) is 0 Å². The number of hydrogen-bond donors (Lipinski definition) is 1. The van der Waals surface area contributed by atoms with Crippen LogP contribution in [0.5, 0.6) is 11.5 Å². The van der Waals surface area contributed by atoms with Gasteiger partial charge in [-0.05, 0) is 55.5 Å². The predicted molar refractivity (Wildman–Crippen MR) is 120 cm³/mol. The summed E-state index contributed by atoms with van der Waals surface area (Å²) in [6.45, 7) is 4.99. The Hall–Kier alpha value is -3.02. The molecule has 31 heavy (non-hydrogen) atoms. The summed E-state index contributed by atoms with van der Waals surface area (Å²) in [5.41, 5.74) is 3.15. The Bertz CT molecular complexity index is 975. The lowest BCUT2D eigenvalue weighted by Crippen LogP contribution is -2.46. The number of aryl methyl sites for hydroxylation is 2. The van der Waals surface area contributed by atoms with E-state index >= 15 is 0 Å². The summed E-state index contributed by atoms with van der Waals surface area (Å²) in [7, 11) is 1.71. The van der Waals surface area contributed by atoms with Crippen LogP contribution in [0.25, 0.3) is 0 Å². The zero-order valence-electron chi connectivity index (χ0n) is 18.5. The summed E-state index contributed by atoms with van der Waals surface area (Å²) in [5, 5.41) is 2.98. The molecule has 6 nitrogen and oxygen atoms in total. The molecule has 2 aromatic rings. The van der Waals surface area contributed by atoms with E-state index in [9.17, 15) is 9.59 Å². The minimum absolute atomic E-state index is 0.0128. The van der Waals surface area contributed by atoms with Gasteiger partial charge in [0.15, 0.2) is 11.5 Å². The summed E-state index contributed by atoms with van der Waals surface area (Å²) in [6, 6.07) is 11.7. The summed E-state index contributed by atoms with van der Waals surface area (Å²) in [6.07, 6.45) is 3.52. The molecule has 1 aliphatic carbocycles. The molecule has 164 valence electrons. The molecule has 1 saturated carbocycles. The van der Waals surface area contributed by atoms with E-state index in [0.29, 0.717) is 19.0 Å². The number of carbonyl (C=O) groups is 2. The average molecular weight is 423 g/mol. The maximum Gasteiger partial charge on any atom is 0.243 e. The smallest absolute Gasteiger partial charge is 0.243 e. The van der Waals surface area contributed by atoms with E-state index in [1.54, 1.807) is 11.9 Å². The van der Waals surface area contributed by atoms with Crippen LogP contribution in [0.15, 0.2) is 36.4 Å². The van der Waals surface area contributed by atoms with E-state index in [1.807, 2.05) is 50.2 Å². The minimum Gasteiger partial charge on any atom is -0.486 e. The van der Waals surface area contributed by atoms with Crippen LogP contribution >= 0.6 is 0 Å². The second kappa shape index (κ2) is 8.61. The zero-order chi connectivity index (χ0) is 22.0. The number of hydrogen-bond acceptors (Lipinski definition) is 4. The van der Waals surface area contributed by atoms with Gasteiger partial charge < -0.3 is 19.7 Å². The van der Waals surface area contributed by atoms with E-state index in [2.05, 4.69) is 5.32 Å². The molecule has 0 atom stereocenters. The minimum atomic E-state index is -0.622. The molecule has 0 aromatic heterocycles. The molecule has 0 spiro atoms. The van der Waals surface area contributed by atoms with Crippen LogP contribution < -0.4 is 14.8 Å². The number of nitrogens with zero attached hydrogens (tertiary/aromatic N) is 1. The molecule has 1 fully saturated rings. The summed E-state index contributed by atoms with van der Waals surface area (Å²) in [5.74, 6) is 1.21. The lowest BCUT2D eigenvalue weighted by molar-refractivity contribution is -0.138. The first-order valence-corrected chi connectivity index (χ1v) is 10.9. The molecule has 6 heteroatoms. The Kier molecular flexibility index (Phi) is 5.90. The van der Waals surface area contributed by atoms with Gasteiger partial charge >= 0.3 is 0 Å². The van der Waals surface area contributed by atoms with E-state index < -0.39 is 5.41 Å². The number of para-hydroxylation sites is 1. The molecule has 0 bridgehead atoms. The van der Waals surface area contributed by atoms with Crippen LogP contribution in [0.4, 0.5) is 5.69 Å². The van der Waals surface area contributed by atoms with Gasteiger partial charge in [0.05, 0.1) is 12.0 Å². The average Bonchev–Trinajstić information content (AvgIpc) is 3.26. The van der Waals surface area contributed by atoms with Crippen molar-refractivity contribution in [2.24, 2.45) is 0 Å². The summed E-state index contributed by atoms with van der Waals surface area (Å²) < 4.78 is 11.4. The van der Waals surface area contributed by atoms with Crippen LogP contribution in [0.3, 0.4) is 0 Å². The number of benzene rings is 2. The van der Waals surface area contributed by atoms with Crippen LogP contribution in [-0.4, -0.2) is 43.5 Å². The number of carbonyl (C=O) groups excluding carboxylic acids is 2. The van der Waals surface area contributed by atoms with Crippen LogP contribution in [-0.2, 0) is 15.0 Å². The molecule has 1 N–H and O–H groups in total. The third-order valence-corrected chi connectivity index (χ3v) is 6.43. The first kappa shape index (κ1) is 21.2. The Balaban J connectivity index is 1.52. The van der Waals surface area contributed by atoms with Gasteiger partial charge in [0.1, 0.15) is 13.2 Å². The number of amides is 2. The lowest BCUT2D eigenvalue weighted by Gasteiger charge is -2.33. The first-order valence-electron chi connectivity index (χ1n) is 10.9. The number of ether oxygens (including phenoxy) is 2. The zero-order valence-corrected chi connectivity index (χ0v) is 18.5. The second-order valence-electron chi connectivity index (χ2n) is 8.62. The van der Waals surface area contributed by atoms with Crippen molar-refractivity contribution in [1.29, 1.82) is 0 Å². The van der Waals surface area contributed by atoms with E-state index in [0.717, 1.165) is 53.8 Å². The fraction of sp³-hybridized carbons (Fsp3) is 0.440. The standard InChI is InChI=1S/C25H30N2O4/c1-17-7-6-8-18(2)23(17)26-22(28)16-27(3)24(29)25(11-4-5-12-25)19-9-10-20-21(15-19)31-14-13-30-20/h6-10,15H,4-5,11-14,16H2,1-3H3,(H,26,28). The summed E-state index contributed by atoms with van der Waals surface area (Å²) >= 11 is 0. The molecule has 2 amide bonds. The lowest BCUT2D eigenvalue weighted by atomic mass is 9.77. The van der Waals surface area contributed by atoms with E-state index in [-0.39, 0.29) is 18.4 Å². The molecule has 0 unspecified atom stereocenters. The monoisotopic (exact) mass is 422 g/mol. The molecular formula is C25H30N2O4. The topological polar surface area (TPSA) is 67.9 Å². The highest BCUT2D eigenvalue weighted by Gasteiger charge is 2.45. The molecule has 1 aliphatic heterocycles. The number of fused-ring (bicyclic) bond motifs is 1. The third kappa shape index (κ3) is 4.11. The van der Waals surface area contributed by atoms with Crippen molar-refractivity contribution >= 4 is 17.5 Å². The quantitative estimate of drug-likeness (QED) is 0.791. The fourth-order valence-electron chi connectivity index (χ4n) is 4.79. The molecule has 4 rings (SSSR count). The van der Waals surface area contributed by atoms with Crippen LogP contribution in [0.1, 0.15) is 42.4 Å². The van der Waals surface area contributed by atoms with Crippen molar-refractivity contribution in [2.45, 2.75) is 44.9 Å². The number of nitrogens with one attached hydrogen (secondary N) is 1. The van der Waals surface area contributed by atoms with Gasteiger partial charge in [-0.15, -0.1) is 0 Å². The highest BCUT2D eigenvalue weighted by molar-refractivity contribution is 5.97. The third-order valence-electron chi connectivity index (χ3n) is 6.43. The van der Waals surface area contributed by atoms with Gasteiger partial charge in [-0.1, -0.05) is 37.1 Å². The fourth-order valence-corrected chi connectivity index (χ4v) is 4.79. The van der Waals surface area contributed by atoms with Gasteiger partial charge in [-0.3, -0.25) is 9.59 Å². The predicted octanol–water partition coefficient (Wildman–Crippen LogP) is 3.98. The maximum absolute atomic E-state index is 13.6. The van der Waals surface area contributed by atoms with Gasteiger partial charge in [0.25, 0.3) is 0 Å². The van der Waals surface area contributed by atoms with Gasteiger partial charge in [0, 0.05) is 12.7 Å². The van der Waals surface area contributed by atoms with E-state index in [1.165, 1.54) is 0 Å². The largest absolute Gasteiger partial charge is 0.486 e. The highest BCUT2D eigenvalue weighted by atomic mass is 16.6. The van der Waals surface area contributed by atoms with Crippen molar-refractivity contribution in [3.05, 3.63) is 53.1 Å². The Morgan fingerprint density at radius 3 is 2.32 bits per heavy atom. The van der Waals surface area contributed by atoms with E-state index in [4.69, 9.17) is 9.47 Å². The van der Waals surface area contributed by atoms with Crippen molar-refractivity contribution in [2.75, 3.05) is 32.1 Å². The molecule has 0 saturated heterocycles. The van der Waals surface area contributed by atoms with Crippen LogP contribution in [0.2, 0.25) is 0 Å². The number of rotatable bonds is 5. The second-order valence-corrected chi connectivity index (χ2v) is 8.62. The van der Waals surface area contributed by atoms with Gasteiger partial charge in [-0.25, -0.2) is 0 Å². The normalized spacial score (nSPS) is 16.6. The van der Waals surface area contributed by atoms with Crippen LogP contribution in [0, 0.1) is 13.8 Å². The highest BCUT2D eigenvalue weighted by Crippen LogP contribution is 2.45. The Labute approximate surface area is 183 Å². The molecule has 2 aromatic carbocycles. The number of anilines is 1. The molecule has 1 heterocycles. The molecular weight excluding hydrogens is 392 g/mol. The molecule has 2 aliphatic rings. The molecule has 0 radical (unpaired) electrons. The summed E-state index contributed by atoms with van der Waals surface area (Å²) in [4.78, 5) is 27.9. The van der Waals surface area contributed by atoms with Crippen molar-refractivity contribution < 1.29 is 19.1 Å². The van der Waals surface area contributed by atoms with Gasteiger partial charge in [0.2, 0.25) is 11.8 Å².